The van der Waals surface area contributed by atoms with Crippen LogP contribution in [0, 0.1) is 0 Å². The van der Waals surface area contributed by atoms with Gasteiger partial charge in [0.25, 0.3) is 0 Å². The molecule has 90 valence electrons. The molecule has 16 heavy (non-hydrogen) atoms. The normalized spacial score (nSPS) is 12.2. The Balaban J connectivity index is 2.34. The number of aliphatic hydroxyl groups excluding tert-OH is 1. The lowest BCUT2D eigenvalue weighted by molar-refractivity contribution is 0.199. The van der Waals surface area contributed by atoms with Gasteiger partial charge in [0.15, 0.2) is 0 Å². The Morgan fingerprint density at radius 1 is 1.12 bits per heavy atom. The van der Waals surface area contributed by atoms with Gasteiger partial charge in [-0.15, -0.1) is 0 Å². The number of rotatable bonds is 7. The van der Waals surface area contributed by atoms with Gasteiger partial charge in [0.05, 0.1) is 13.2 Å². The maximum atomic E-state index is 8.67. The molecular formula is C13H20O3. The number of benzene rings is 1. The van der Waals surface area contributed by atoms with Gasteiger partial charge in [0.2, 0.25) is 0 Å². The molecule has 0 amide bonds. The van der Waals surface area contributed by atoms with Gasteiger partial charge >= 0.3 is 0 Å². The molecule has 3 heteroatoms. The Morgan fingerprint density at radius 3 is 2.31 bits per heavy atom. The average molecular weight is 224 g/mol. The summed E-state index contributed by atoms with van der Waals surface area (Å²) in [6, 6.07) is 7.58. The van der Waals surface area contributed by atoms with Crippen molar-refractivity contribution in [2.24, 2.45) is 0 Å². The Hall–Kier alpha value is -1.22. The fraction of sp³-hybridized carbons (Fsp3) is 0.538. The van der Waals surface area contributed by atoms with Crippen LogP contribution in [0.2, 0.25) is 0 Å². The van der Waals surface area contributed by atoms with Crippen LogP contribution in [0.5, 0.6) is 11.5 Å². The summed E-state index contributed by atoms with van der Waals surface area (Å²) in [5.74, 6) is 1.69. The molecule has 3 nitrogen and oxygen atoms in total. The smallest absolute Gasteiger partial charge is 0.119 e. The second-order valence-corrected chi connectivity index (χ2v) is 3.82. The number of methoxy groups -OCH3 is 1. The summed E-state index contributed by atoms with van der Waals surface area (Å²) in [4.78, 5) is 0. The van der Waals surface area contributed by atoms with E-state index >= 15 is 0 Å². The zero-order valence-corrected chi connectivity index (χ0v) is 9.98. The molecule has 1 atom stereocenters. The van der Waals surface area contributed by atoms with Crippen LogP contribution in [0.15, 0.2) is 24.3 Å². The van der Waals surface area contributed by atoms with Crippen LogP contribution in [0.1, 0.15) is 26.2 Å². The van der Waals surface area contributed by atoms with Crippen molar-refractivity contribution in [1.29, 1.82) is 0 Å². The van der Waals surface area contributed by atoms with Crippen LogP contribution in [0.4, 0.5) is 0 Å². The highest BCUT2D eigenvalue weighted by molar-refractivity contribution is 5.31. The molecule has 0 spiro atoms. The number of aliphatic hydroxyl groups is 1. The third kappa shape index (κ3) is 4.53. The Kier molecular flexibility index (Phi) is 5.72. The quantitative estimate of drug-likeness (QED) is 0.724. The van der Waals surface area contributed by atoms with E-state index < -0.39 is 0 Å². The number of hydrogen-bond acceptors (Lipinski definition) is 3. The molecular weight excluding hydrogens is 204 g/mol. The summed E-state index contributed by atoms with van der Waals surface area (Å²) in [6.07, 6.45) is 2.98. The third-order valence-corrected chi connectivity index (χ3v) is 2.42. The van der Waals surface area contributed by atoms with E-state index in [9.17, 15) is 0 Å². The molecule has 0 saturated carbocycles. The molecule has 1 aromatic carbocycles. The highest BCUT2D eigenvalue weighted by atomic mass is 16.5. The minimum Gasteiger partial charge on any atom is -0.497 e. The summed E-state index contributed by atoms with van der Waals surface area (Å²) in [5.41, 5.74) is 0. The molecule has 0 aromatic heterocycles. The van der Waals surface area contributed by atoms with E-state index in [2.05, 4.69) is 0 Å². The van der Waals surface area contributed by atoms with Crippen molar-refractivity contribution < 1.29 is 14.6 Å². The lowest BCUT2D eigenvalue weighted by Crippen LogP contribution is -2.11. The molecule has 0 saturated heterocycles. The first-order valence-corrected chi connectivity index (χ1v) is 5.68. The second kappa shape index (κ2) is 7.12. The van der Waals surface area contributed by atoms with Crippen LogP contribution in [0.3, 0.4) is 0 Å². The maximum Gasteiger partial charge on any atom is 0.119 e. The Labute approximate surface area is 97.0 Å². The van der Waals surface area contributed by atoms with Crippen molar-refractivity contribution in [2.75, 3.05) is 13.7 Å². The highest BCUT2D eigenvalue weighted by Gasteiger charge is 2.03. The number of unbranched alkanes of at least 4 members (excludes halogenated alkanes) is 1. The van der Waals surface area contributed by atoms with Crippen LogP contribution in [0.25, 0.3) is 0 Å². The van der Waals surface area contributed by atoms with Crippen molar-refractivity contribution in [3.8, 4) is 11.5 Å². The zero-order valence-electron chi connectivity index (χ0n) is 9.98. The minimum atomic E-state index is 0.181. The first kappa shape index (κ1) is 12.8. The third-order valence-electron chi connectivity index (χ3n) is 2.42. The second-order valence-electron chi connectivity index (χ2n) is 3.82. The fourth-order valence-corrected chi connectivity index (χ4v) is 1.49. The van der Waals surface area contributed by atoms with Crippen LogP contribution in [-0.4, -0.2) is 24.9 Å². The van der Waals surface area contributed by atoms with E-state index in [-0.39, 0.29) is 12.7 Å². The van der Waals surface area contributed by atoms with E-state index in [1.54, 1.807) is 7.11 Å². The van der Waals surface area contributed by atoms with E-state index in [0.29, 0.717) is 0 Å². The van der Waals surface area contributed by atoms with Gasteiger partial charge in [-0.3, -0.25) is 0 Å². The lowest BCUT2D eigenvalue weighted by Gasteiger charge is -2.14. The van der Waals surface area contributed by atoms with E-state index in [0.717, 1.165) is 30.8 Å². The van der Waals surface area contributed by atoms with E-state index in [1.807, 2.05) is 31.2 Å². The van der Waals surface area contributed by atoms with Gasteiger partial charge in [0, 0.05) is 6.61 Å². The summed E-state index contributed by atoms with van der Waals surface area (Å²) in [7, 11) is 1.65. The van der Waals surface area contributed by atoms with Crippen LogP contribution >= 0.6 is 0 Å². The molecule has 1 N–H and O–H groups in total. The zero-order chi connectivity index (χ0) is 11.8. The molecule has 1 aromatic rings. The van der Waals surface area contributed by atoms with Gasteiger partial charge in [0.1, 0.15) is 11.5 Å². The minimum absolute atomic E-state index is 0.181. The first-order valence-electron chi connectivity index (χ1n) is 5.68. The molecule has 0 unspecified atom stereocenters. The van der Waals surface area contributed by atoms with E-state index in [4.69, 9.17) is 14.6 Å². The van der Waals surface area contributed by atoms with Crippen molar-refractivity contribution in [1.82, 2.24) is 0 Å². The largest absolute Gasteiger partial charge is 0.497 e. The number of hydrogen-bond donors (Lipinski definition) is 1. The van der Waals surface area contributed by atoms with Crippen molar-refractivity contribution in [3.63, 3.8) is 0 Å². The van der Waals surface area contributed by atoms with Gasteiger partial charge < -0.3 is 14.6 Å². The molecule has 0 heterocycles. The summed E-state index contributed by atoms with van der Waals surface area (Å²) in [5, 5.41) is 8.67. The molecule has 1 rings (SSSR count). The number of ether oxygens (including phenoxy) is 2. The summed E-state index contributed by atoms with van der Waals surface area (Å²) < 4.78 is 10.8. The van der Waals surface area contributed by atoms with Gasteiger partial charge in [-0.2, -0.15) is 0 Å². The highest BCUT2D eigenvalue weighted by Crippen LogP contribution is 2.19. The standard InChI is InChI=1S/C13H20O3/c1-11(5-3-4-10-14)16-13-8-6-12(15-2)7-9-13/h6-9,11,14H,3-5,10H2,1-2H3/t11-/m0/s1. The average Bonchev–Trinajstić information content (AvgIpc) is 2.30. The van der Waals surface area contributed by atoms with E-state index in [1.165, 1.54) is 0 Å². The molecule has 0 radical (unpaired) electrons. The summed E-state index contributed by atoms with van der Waals surface area (Å²) >= 11 is 0. The molecule has 0 aliphatic rings. The van der Waals surface area contributed by atoms with Gasteiger partial charge in [-0.1, -0.05) is 0 Å². The maximum absolute atomic E-state index is 8.67. The Morgan fingerprint density at radius 2 is 1.75 bits per heavy atom. The van der Waals surface area contributed by atoms with Crippen LogP contribution in [-0.2, 0) is 0 Å². The summed E-state index contributed by atoms with van der Waals surface area (Å²) in [6.45, 7) is 2.30. The SMILES string of the molecule is COc1ccc(O[C@@H](C)CCCCO)cc1. The van der Waals surface area contributed by atoms with Crippen molar-refractivity contribution in [2.45, 2.75) is 32.3 Å². The van der Waals surface area contributed by atoms with Crippen LogP contribution < -0.4 is 9.47 Å². The molecule has 0 bridgehead atoms. The van der Waals surface area contributed by atoms with Crippen molar-refractivity contribution >= 4 is 0 Å². The Bertz CT molecular complexity index is 282. The molecule has 0 fully saturated rings. The monoisotopic (exact) mass is 224 g/mol. The first-order chi connectivity index (χ1) is 7.76. The predicted molar refractivity (Wildman–Crippen MR) is 64.0 cm³/mol. The predicted octanol–water partition coefficient (Wildman–Crippen LogP) is 2.63. The van der Waals surface area contributed by atoms with Crippen molar-refractivity contribution in [3.05, 3.63) is 24.3 Å². The van der Waals surface area contributed by atoms with Gasteiger partial charge in [-0.25, -0.2) is 0 Å². The molecule has 0 aliphatic heterocycles. The fourth-order valence-electron chi connectivity index (χ4n) is 1.49. The topological polar surface area (TPSA) is 38.7 Å². The van der Waals surface area contributed by atoms with Gasteiger partial charge in [-0.05, 0) is 50.5 Å². The lowest BCUT2D eigenvalue weighted by atomic mass is 10.2. The molecule has 0 aliphatic carbocycles.